The van der Waals surface area contributed by atoms with Gasteiger partial charge in [0.25, 0.3) is 0 Å². The Morgan fingerprint density at radius 1 is 1.42 bits per heavy atom. The van der Waals surface area contributed by atoms with Gasteiger partial charge in [-0.1, -0.05) is 41.6 Å². The number of dihydropyridines is 1. The molecule has 0 fully saturated rings. The van der Waals surface area contributed by atoms with Crippen LogP contribution in [0.25, 0.3) is 0 Å². The summed E-state index contributed by atoms with van der Waals surface area (Å²) in [6, 6.07) is 7.24. The number of benzene rings is 1. The van der Waals surface area contributed by atoms with Crippen LogP contribution in [-0.4, -0.2) is 23.6 Å². The van der Waals surface area contributed by atoms with Crippen molar-refractivity contribution < 1.29 is 19.1 Å². The van der Waals surface area contributed by atoms with E-state index in [0.29, 0.717) is 27.8 Å². The van der Waals surface area contributed by atoms with Gasteiger partial charge in [0.05, 0.1) is 18.2 Å². The predicted octanol–water partition coefficient (Wildman–Crippen LogP) is 3.96. The van der Waals surface area contributed by atoms with E-state index in [1.165, 1.54) is 11.8 Å². The Morgan fingerprint density at radius 2 is 2.17 bits per heavy atom. The molecule has 0 saturated heterocycles. The second-order valence-electron chi connectivity index (χ2n) is 5.32. The molecule has 0 aliphatic carbocycles. The lowest BCUT2D eigenvalue weighted by molar-refractivity contribution is -0.108. The van der Waals surface area contributed by atoms with Crippen molar-refractivity contribution in [2.75, 3.05) is 12.4 Å². The average molecular weight is 366 g/mol. The zero-order chi connectivity index (χ0) is 17.3. The van der Waals surface area contributed by atoms with Crippen LogP contribution in [0.15, 0.2) is 47.0 Å². The minimum atomic E-state index is -0.798. The number of hydrogen-bond donors (Lipinski definition) is 1. The number of carbonyl (C=O) groups is 2. The summed E-state index contributed by atoms with van der Waals surface area (Å²) < 4.78 is 10.3. The predicted molar refractivity (Wildman–Crippen MR) is 92.6 cm³/mol. The van der Waals surface area contributed by atoms with Crippen LogP contribution in [-0.2, 0) is 14.3 Å². The molecule has 0 saturated carbocycles. The van der Waals surface area contributed by atoms with E-state index < -0.39 is 12.1 Å². The largest absolute Gasteiger partial charge is 0.513 e. The highest BCUT2D eigenvalue weighted by Crippen LogP contribution is 2.46. The molecular formula is C17H16ClNO4S. The fraction of sp³-hybridized carbons (Fsp3) is 0.294. The molecule has 1 unspecified atom stereocenters. The summed E-state index contributed by atoms with van der Waals surface area (Å²) in [6.07, 6.45) is -0.798. The monoisotopic (exact) mass is 365 g/mol. The van der Waals surface area contributed by atoms with E-state index in [4.69, 9.17) is 21.1 Å². The summed E-state index contributed by atoms with van der Waals surface area (Å²) in [5, 5.41) is 3.64. The molecule has 0 spiro atoms. The van der Waals surface area contributed by atoms with Gasteiger partial charge in [-0.15, -0.1) is 0 Å². The molecule has 0 aromatic heterocycles. The Balaban J connectivity index is 2.08. The third-order valence-electron chi connectivity index (χ3n) is 3.82. The quantitative estimate of drug-likeness (QED) is 0.818. The number of ether oxygens (including phenoxy) is 2. The smallest absolute Gasteiger partial charge is 0.434 e. The molecule has 126 valence electrons. The van der Waals surface area contributed by atoms with Crippen molar-refractivity contribution in [2.45, 2.75) is 19.8 Å². The summed E-state index contributed by atoms with van der Waals surface area (Å²) in [5.41, 5.74) is 2.81. The average Bonchev–Trinajstić information content (AvgIpc) is 2.90. The second kappa shape index (κ2) is 6.91. The van der Waals surface area contributed by atoms with Crippen molar-refractivity contribution >= 4 is 34.6 Å². The van der Waals surface area contributed by atoms with Gasteiger partial charge in [-0.2, -0.15) is 0 Å². The van der Waals surface area contributed by atoms with Crippen molar-refractivity contribution in [2.24, 2.45) is 0 Å². The summed E-state index contributed by atoms with van der Waals surface area (Å²) in [6.45, 7) is 3.71. The van der Waals surface area contributed by atoms with Crippen molar-refractivity contribution in [1.82, 2.24) is 5.32 Å². The lowest BCUT2D eigenvalue weighted by atomic mass is 9.86. The Hall–Kier alpha value is -1.92. The Kier molecular flexibility index (Phi) is 4.87. The molecule has 1 atom stereocenters. The van der Waals surface area contributed by atoms with Crippen molar-refractivity contribution in [3.63, 3.8) is 0 Å². The van der Waals surface area contributed by atoms with Gasteiger partial charge in [-0.3, -0.25) is 4.79 Å². The van der Waals surface area contributed by atoms with Crippen LogP contribution in [0.5, 0.6) is 0 Å². The van der Waals surface area contributed by atoms with E-state index in [2.05, 4.69) is 5.32 Å². The van der Waals surface area contributed by atoms with Gasteiger partial charge in [-0.25, -0.2) is 4.79 Å². The summed E-state index contributed by atoms with van der Waals surface area (Å²) in [7, 11) is 0. The summed E-state index contributed by atoms with van der Waals surface area (Å²) in [4.78, 5) is 24.2. The van der Waals surface area contributed by atoms with Crippen LogP contribution in [0.4, 0.5) is 4.79 Å². The Bertz CT molecular complexity index is 772. The van der Waals surface area contributed by atoms with E-state index in [-0.39, 0.29) is 11.7 Å². The molecule has 5 nitrogen and oxygen atoms in total. The second-order valence-corrected chi connectivity index (χ2v) is 6.68. The van der Waals surface area contributed by atoms with Crippen LogP contribution >= 0.6 is 23.4 Å². The normalized spacial score (nSPS) is 20.0. The van der Waals surface area contributed by atoms with E-state index >= 15 is 0 Å². The van der Waals surface area contributed by atoms with E-state index in [9.17, 15) is 9.59 Å². The number of nitrogens with one attached hydrogen (secondary N) is 1. The molecule has 3 rings (SSSR count). The first-order chi connectivity index (χ1) is 11.5. The number of hydrogen-bond acceptors (Lipinski definition) is 6. The molecule has 1 N–H and O–H groups in total. The van der Waals surface area contributed by atoms with Gasteiger partial charge >= 0.3 is 6.16 Å². The van der Waals surface area contributed by atoms with Gasteiger partial charge in [0.1, 0.15) is 5.76 Å². The third kappa shape index (κ3) is 3.03. The molecular weight excluding hydrogens is 350 g/mol. The molecule has 1 aromatic carbocycles. The fourth-order valence-electron chi connectivity index (χ4n) is 2.83. The standard InChI is InChI=1S/C17H16ClNO4S/c1-3-22-17(21)23-15-9(2)19-12-8-24-16(20)14(12)13(15)10-6-4-5-7-11(10)18/h4-7,13,19H,3,8H2,1-2H3. The molecule has 0 amide bonds. The summed E-state index contributed by atoms with van der Waals surface area (Å²) >= 11 is 7.57. The lowest BCUT2D eigenvalue weighted by Gasteiger charge is -2.29. The first-order valence-electron chi connectivity index (χ1n) is 7.50. The zero-order valence-electron chi connectivity index (χ0n) is 13.2. The number of halogens is 1. The highest BCUT2D eigenvalue weighted by Gasteiger charge is 2.40. The lowest BCUT2D eigenvalue weighted by Crippen LogP contribution is -2.28. The van der Waals surface area contributed by atoms with Gasteiger partial charge in [0, 0.05) is 22.0 Å². The maximum atomic E-state index is 12.4. The highest BCUT2D eigenvalue weighted by molar-refractivity contribution is 8.14. The van der Waals surface area contributed by atoms with Crippen LogP contribution in [0.1, 0.15) is 25.3 Å². The van der Waals surface area contributed by atoms with Gasteiger partial charge in [-0.05, 0) is 25.5 Å². The molecule has 0 bridgehead atoms. The van der Waals surface area contributed by atoms with Crippen LogP contribution in [0.3, 0.4) is 0 Å². The van der Waals surface area contributed by atoms with Gasteiger partial charge in [0.2, 0.25) is 5.12 Å². The number of allylic oxidation sites excluding steroid dienone is 2. The maximum Gasteiger partial charge on any atom is 0.513 e. The molecule has 7 heteroatoms. The molecule has 2 aliphatic heterocycles. The topological polar surface area (TPSA) is 64.6 Å². The van der Waals surface area contributed by atoms with Crippen LogP contribution < -0.4 is 5.32 Å². The first kappa shape index (κ1) is 16.9. The minimum absolute atomic E-state index is 0.0418. The highest BCUT2D eigenvalue weighted by atomic mass is 35.5. The number of rotatable bonds is 3. The number of carbonyl (C=O) groups excluding carboxylic acids is 2. The molecule has 1 aromatic rings. The van der Waals surface area contributed by atoms with E-state index in [0.717, 1.165) is 11.3 Å². The SMILES string of the molecule is CCOC(=O)OC1=C(C)NC2=C(C(=O)SC2)C1c1ccccc1Cl. The van der Waals surface area contributed by atoms with Gasteiger partial charge < -0.3 is 14.8 Å². The first-order valence-corrected chi connectivity index (χ1v) is 8.86. The van der Waals surface area contributed by atoms with E-state index in [1.54, 1.807) is 19.9 Å². The molecule has 2 aliphatic rings. The van der Waals surface area contributed by atoms with E-state index in [1.807, 2.05) is 18.2 Å². The molecule has 2 heterocycles. The third-order valence-corrected chi connectivity index (χ3v) is 5.08. The van der Waals surface area contributed by atoms with Crippen molar-refractivity contribution in [3.05, 3.63) is 57.6 Å². The molecule has 24 heavy (non-hydrogen) atoms. The minimum Gasteiger partial charge on any atom is -0.434 e. The number of thioether (sulfide) groups is 1. The van der Waals surface area contributed by atoms with Crippen LogP contribution in [0.2, 0.25) is 5.02 Å². The van der Waals surface area contributed by atoms with Crippen molar-refractivity contribution in [3.8, 4) is 0 Å². The van der Waals surface area contributed by atoms with Crippen LogP contribution in [0, 0.1) is 0 Å². The Morgan fingerprint density at radius 3 is 2.88 bits per heavy atom. The maximum absolute atomic E-state index is 12.4. The summed E-state index contributed by atoms with van der Waals surface area (Å²) in [5.74, 6) is 0.386. The molecule has 0 radical (unpaired) electrons. The zero-order valence-corrected chi connectivity index (χ0v) is 14.8. The fourth-order valence-corrected chi connectivity index (χ4v) is 3.97. The Labute approximate surface area is 149 Å². The van der Waals surface area contributed by atoms with Gasteiger partial charge in [0.15, 0.2) is 0 Å². The van der Waals surface area contributed by atoms with Crippen molar-refractivity contribution in [1.29, 1.82) is 0 Å².